The monoisotopic (exact) mass is 340 g/mol. The topological polar surface area (TPSA) is 49.4 Å². The van der Waals surface area contributed by atoms with Gasteiger partial charge in [0.1, 0.15) is 0 Å². The van der Waals surface area contributed by atoms with Gasteiger partial charge in [-0.2, -0.15) is 11.3 Å². The van der Waals surface area contributed by atoms with E-state index in [4.69, 9.17) is 0 Å². The van der Waals surface area contributed by atoms with Crippen LogP contribution in [0.5, 0.6) is 0 Å². The summed E-state index contributed by atoms with van der Waals surface area (Å²) in [5.41, 5.74) is 1.83. The first-order chi connectivity index (χ1) is 11.7. The number of carbonyl (C=O) groups is 2. The van der Waals surface area contributed by atoms with Crippen molar-refractivity contribution >= 4 is 34.9 Å². The summed E-state index contributed by atoms with van der Waals surface area (Å²) in [4.78, 5) is 26.5. The van der Waals surface area contributed by atoms with Crippen LogP contribution in [0.1, 0.15) is 18.4 Å². The van der Waals surface area contributed by atoms with E-state index in [1.165, 1.54) is 0 Å². The number of benzene rings is 1. The van der Waals surface area contributed by atoms with Crippen molar-refractivity contribution < 1.29 is 9.59 Å². The van der Waals surface area contributed by atoms with Crippen molar-refractivity contribution in [2.75, 3.05) is 18.4 Å². The number of nitrogens with one attached hydrogen (secondary N) is 1. The molecule has 1 aromatic carbocycles. The van der Waals surface area contributed by atoms with Crippen LogP contribution >= 0.6 is 11.3 Å². The third-order valence-electron chi connectivity index (χ3n) is 4.11. The van der Waals surface area contributed by atoms with Gasteiger partial charge < -0.3 is 10.2 Å². The lowest BCUT2D eigenvalue weighted by atomic mass is 9.97. The molecule has 0 bridgehead atoms. The van der Waals surface area contributed by atoms with Crippen molar-refractivity contribution in [2.45, 2.75) is 12.8 Å². The van der Waals surface area contributed by atoms with E-state index in [-0.39, 0.29) is 17.7 Å². The first-order valence-electron chi connectivity index (χ1n) is 8.07. The van der Waals surface area contributed by atoms with Crippen LogP contribution in [0.25, 0.3) is 6.08 Å². The second kappa shape index (κ2) is 7.93. The summed E-state index contributed by atoms with van der Waals surface area (Å²) in [6.45, 7) is 1.19. The fraction of sp³-hybridized carbons (Fsp3) is 0.263. The number of likely N-dealkylation sites (tertiary alicyclic amines) is 1. The lowest BCUT2D eigenvalue weighted by molar-refractivity contribution is -0.130. The van der Waals surface area contributed by atoms with E-state index in [0.717, 1.165) is 24.1 Å². The number of para-hydroxylation sites is 1. The van der Waals surface area contributed by atoms with Gasteiger partial charge in [-0.1, -0.05) is 18.2 Å². The summed E-state index contributed by atoms with van der Waals surface area (Å²) in [6.07, 6.45) is 5.09. The van der Waals surface area contributed by atoms with Crippen molar-refractivity contribution in [3.8, 4) is 0 Å². The molecule has 1 atom stereocenters. The molecule has 0 radical (unpaired) electrons. The molecule has 2 aromatic rings. The highest BCUT2D eigenvalue weighted by atomic mass is 32.1. The number of hydrogen-bond acceptors (Lipinski definition) is 3. The van der Waals surface area contributed by atoms with Gasteiger partial charge in [-0.05, 0) is 53.4 Å². The van der Waals surface area contributed by atoms with Crippen LogP contribution in [0.2, 0.25) is 0 Å². The SMILES string of the molecule is O=C(Nc1ccccc1)C1CCCN(C(=O)C=Cc2ccsc2)C1. The van der Waals surface area contributed by atoms with Crippen LogP contribution in [0.3, 0.4) is 0 Å². The summed E-state index contributed by atoms with van der Waals surface area (Å²) >= 11 is 1.60. The number of piperidine rings is 1. The largest absolute Gasteiger partial charge is 0.338 e. The number of hydrogen-bond donors (Lipinski definition) is 1. The fourth-order valence-corrected chi connectivity index (χ4v) is 3.43. The molecule has 3 rings (SSSR count). The zero-order valence-electron chi connectivity index (χ0n) is 13.4. The van der Waals surface area contributed by atoms with Crippen LogP contribution in [-0.2, 0) is 9.59 Å². The molecule has 1 aliphatic heterocycles. The minimum Gasteiger partial charge on any atom is -0.338 e. The fourth-order valence-electron chi connectivity index (χ4n) is 2.80. The number of nitrogens with zero attached hydrogens (tertiary/aromatic N) is 1. The number of rotatable bonds is 4. The van der Waals surface area contributed by atoms with Crippen LogP contribution < -0.4 is 5.32 Å². The lowest BCUT2D eigenvalue weighted by Crippen LogP contribution is -2.43. The van der Waals surface area contributed by atoms with Gasteiger partial charge in [0.05, 0.1) is 5.92 Å². The molecule has 1 N–H and O–H groups in total. The summed E-state index contributed by atoms with van der Waals surface area (Å²) < 4.78 is 0. The molecule has 0 aliphatic carbocycles. The van der Waals surface area contributed by atoms with Crippen LogP contribution in [0, 0.1) is 5.92 Å². The van der Waals surface area contributed by atoms with E-state index in [0.29, 0.717) is 13.1 Å². The van der Waals surface area contributed by atoms with Crippen molar-refractivity contribution in [1.82, 2.24) is 4.90 Å². The number of thiophene rings is 1. The predicted molar refractivity (Wildman–Crippen MR) is 97.7 cm³/mol. The van der Waals surface area contributed by atoms with Crippen LogP contribution in [0.15, 0.2) is 53.2 Å². The van der Waals surface area contributed by atoms with Gasteiger partial charge in [0.2, 0.25) is 11.8 Å². The van der Waals surface area contributed by atoms with E-state index < -0.39 is 0 Å². The average Bonchev–Trinajstić information content (AvgIpc) is 3.14. The molecule has 0 saturated carbocycles. The molecule has 1 aliphatic rings. The second-order valence-electron chi connectivity index (χ2n) is 5.87. The van der Waals surface area contributed by atoms with E-state index in [1.54, 1.807) is 22.3 Å². The smallest absolute Gasteiger partial charge is 0.246 e. The Hall–Kier alpha value is -2.40. The Kier molecular flexibility index (Phi) is 5.43. The lowest BCUT2D eigenvalue weighted by Gasteiger charge is -2.31. The number of carbonyl (C=O) groups excluding carboxylic acids is 2. The second-order valence-corrected chi connectivity index (χ2v) is 6.65. The van der Waals surface area contributed by atoms with Crippen LogP contribution in [0.4, 0.5) is 5.69 Å². The third-order valence-corrected chi connectivity index (χ3v) is 4.81. The highest BCUT2D eigenvalue weighted by molar-refractivity contribution is 7.08. The molecule has 5 heteroatoms. The summed E-state index contributed by atoms with van der Waals surface area (Å²) in [6, 6.07) is 11.4. The van der Waals surface area contributed by atoms with Gasteiger partial charge >= 0.3 is 0 Å². The molecule has 24 heavy (non-hydrogen) atoms. The summed E-state index contributed by atoms with van der Waals surface area (Å²) in [5, 5.41) is 6.91. The van der Waals surface area contributed by atoms with Gasteiger partial charge in [0.25, 0.3) is 0 Å². The Morgan fingerprint density at radius 1 is 1.21 bits per heavy atom. The van der Waals surface area contributed by atoms with Gasteiger partial charge in [-0.3, -0.25) is 9.59 Å². The van der Waals surface area contributed by atoms with Crippen molar-refractivity contribution in [3.05, 3.63) is 58.8 Å². The summed E-state index contributed by atoms with van der Waals surface area (Å²) in [5.74, 6) is -0.198. The Morgan fingerprint density at radius 2 is 2.04 bits per heavy atom. The normalized spacial score (nSPS) is 17.8. The van der Waals surface area contributed by atoms with E-state index in [1.807, 2.05) is 53.2 Å². The van der Waals surface area contributed by atoms with E-state index >= 15 is 0 Å². The minimum absolute atomic E-state index is 0.0134. The highest BCUT2D eigenvalue weighted by Gasteiger charge is 2.27. The molecule has 1 aromatic heterocycles. The molecular weight excluding hydrogens is 320 g/mol. The standard InChI is InChI=1S/C19H20N2O2S/c22-18(9-8-15-10-12-24-14-15)21-11-4-5-16(13-21)19(23)20-17-6-2-1-3-7-17/h1-3,6-10,12,14,16H,4-5,11,13H2,(H,20,23). The maximum absolute atomic E-state index is 12.4. The number of anilines is 1. The van der Waals surface area contributed by atoms with Gasteiger partial charge in [0, 0.05) is 24.9 Å². The predicted octanol–water partition coefficient (Wildman–Crippen LogP) is 3.64. The molecule has 2 heterocycles. The van der Waals surface area contributed by atoms with Crippen molar-refractivity contribution in [2.24, 2.45) is 5.92 Å². The van der Waals surface area contributed by atoms with E-state index in [2.05, 4.69) is 5.32 Å². The summed E-state index contributed by atoms with van der Waals surface area (Å²) in [7, 11) is 0. The maximum atomic E-state index is 12.4. The van der Waals surface area contributed by atoms with Gasteiger partial charge in [0.15, 0.2) is 0 Å². The average molecular weight is 340 g/mol. The Labute approximate surface area is 145 Å². The molecule has 4 nitrogen and oxygen atoms in total. The first kappa shape index (κ1) is 16.5. The van der Waals surface area contributed by atoms with E-state index in [9.17, 15) is 9.59 Å². The molecule has 1 saturated heterocycles. The third kappa shape index (κ3) is 4.32. The molecule has 1 fully saturated rings. The number of amides is 2. The first-order valence-corrected chi connectivity index (χ1v) is 9.02. The molecular formula is C19H20N2O2S. The zero-order chi connectivity index (χ0) is 16.8. The quantitative estimate of drug-likeness (QED) is 0.864. The van der Waals surface area contributed by atoms with Crippen molar-refractivity contribution in [1.29, 1.82) is 0 Å². The maximum Gasteiger partial charge on any atom is 0.246 e. The van der Waals surface area contributed by atoms with Crippen LogP contribution in [-0.4, -0.2) is 29.8 Å². The Morgan fingerprint density at radius 3 is 2.79 bits per heavy atom. The van der Waals surface area contributed by atoms with Gasteiger partial charge in [-0.15, -0.1) is 0 Å². The van der Waals surface area contributed by atoms with Crippen molar-refractivity contribution in [3.63, 3.8) is 0 Å². The zero-order valence-corrected chi connectivity index (χ0v) is 14.2. The Balaban J connectivity index is 1.57. The highest BCUT2D eigenvalue weighted by Crippen LogP contribution is 2.19. The molecule has 124 valence electrons. The Bertz CT molecular complexity index is 710. The van der Waals surface area contributed by atoms with Gasteiger partial charge in [-0.25, -0.2) is 0 Å². The molecule has 2 amide bonds. The molecule has 1 unspecified atom stereocenters. The minimum atomic E-state index is -0.155. The molecule has 0 spiro atoms.